The number of hydrogen-bond donors (Lipinski definition) is 2. The van der Waals surface area contributed by atoms with Crippen molar-refractivity contribution in [1.82, 2.24) is 5.32 Å². The number of aliphatic hydroxyl groups excluding tert-OH is 1. The van der Waals surface area contributed by atoms with Crippen molar-refractivity contribution in [3.05, 3.63) is 21.4 Å². The maximum absolute atomic E-state index is 12.4. The highest BCUT2D eigenvalue weighted by Crippen LogP contribution is 2.25. The number of aliphatic hydroxyl groups is 1. The van der Waals surface area contributed by atoms with E-state index >= 15 is 0 Å². The van der Waals surface area contributed by atoms with Crippen LogP contribution in [0.4, 0.5) is 0 Å². The minimum absolute atomic E-state index is 0.0143. The molecule has 20 heavy (non-hydrogen) atoms. The first-order chi connectivity index (χ1) is 9.55. The summed E-state index contributed by atoms with van der Waals surface area (Å²) < 4.78 is 0. The van der Waals surface area contributed by atoms with Crippen LogP contribution < -0.4 is 5.32 Å². The Morgan fingerprint density at radius 1 is 1.30 bits per heavy atom. The van der Waals surface area contributed by atoms with Gasteiger partial charge in [-0.1, -0.05) is 34.1 Å². The van der Waals surface area contributed by atoms with Gasteiger partial charge in [-0.15, -0.1) is 11.3 Å². The Balaban J connectivity index is 2.92. The van der Waals surface area contributed by atoms with Gasteiger partial charge in [0.15, 0.2) is 0 Å². The highest BCUT2D eigenvalue weighted by molar-refractivity contribution is 7.14. The van der Waals surface area contributed by atoms with Gasteiger partial charge in [0.25, 0.3) is 5.91 Å². The molecule has 1 rings (SSSR count). The van der Waals surface area contributed by atoms with Crippen molar-refractivity contribution in [3.63, 3.8) is 0 Å². The molecule has 2 N–H and O–H groups in total. The zero-order valence-electron chi connectivity index (χ0n) is 13.1. The molecule has 0 saturated carbocycles. The summed E-state index contributed by atoms with van der Waals surface area (Å²) in [6, 6.07) is 2.01. The standard InChI is InChI=1S/C16H27NO2S/c1-5-9-13-12(6-2)10-14(20-13)15(19)17-16(7-3,8-4)11-18/h10,18H,5-9,11H2,1-4H3,(H,17,19). The van der Waals surface area contributed by atoms with E-state index < -0.39 is 5.54 Å². The Morgan fingerprint density at radius 3 is 2.40 bits per heavy atom. The summed E-state index contributed by atoms with van der Waals surface area (Å²) in [5.41, 5.74) is 0.794. The van der Waals surface area contributed by atoms with Crippen LogP contribution in [0.1, 0.15) is 67.1 Å². The van der Waals surface area contributed by atoms with Gasteiger partial charge in [-0.2, -0.15) is 0 Å². The molecule has 1 aromatic rings. The van der Waals surface area contributed by atoms with Gasteiger partial charge >= 0.3 is 0 Å². The van der Waals surface area contributed by atoms with E-state index in [0.717, 1.165) is 37.0 Å². The van der Waals surface area contributed by atoms with Gasteiger partial charge in [-0.25, -0.2) is 0 Å². The molecular weight excluding hydrogens is 270 g/mol. The van der Waals surface area contributed by atoms with Gasteiger partial charge in [0.05, 0.1) is 17.0 Å². The van der Waals surface area contributed by atoms with Gasteiger partial charge in [-0.05, 0) is 37.3 Å². The normalized spacial score (nSPS) is 11.7. The van der Waals surface area contributed by atoms with Crippen LogP contribution in [0.25, 0.3) is 0 Å². The Kier molecular flexibility index (Phi) is 6.69. The highest BCUT2D eigenvalue weighted by atomic mass is 32.1. The molecule has 3 nitrogen and oxygen atoms in total. The van der Waals surface area contributed by atoms with Crippen molar-refractivity contribution < 1.29 is 9.90 Å². The predicted octanol–water partition coefficient (Wildman–Crippen LogP) is 3.54. The van der Waals surface area contributed by atoms with E-state index in [1.165, 1.54) is 10.4 Å². The second-order valence-electron chi connectivity index (χ2n) is 5.26. The second-order valence-corrected chi connectivity index (χ2v) is 6.40. The fourth-order valence-electron chi connectivity index (χ4n) is 2.31. The van der Waals surface area contributed by atoms with E-state index in [4.69, 9.17) is 0 Å². The summed E-state index contributed by atoms with van der Waals surface area (Å²) in [6.45, 7) is 8.26. The molecule has 114 valence electrons. The van der Waals surface area contributed by atoms with Crippen molar-refractivity contribution in [2.45, 2.75) is 65.3 Å². The van der Waals surface area contributed by atoms with E-state index in [9.17, 15) is 9.90 Å². The lowest BCUT2D eigenvalue weighted by molar-refractivity contribution is 0.0822. The van der Waals surface area contributed by atoms with Gasteiger partial charge in [-0.3, -0.25) is 4.79 Å². The van der Waals surface area contributed by atoms with Crippen LogP contribution in [-0.2, 0) is 12.8 Å². The maximum Gasteiger partial charge on any atom is 0.261 e. The molecule has 0 atom stereocenters. The summed E-state index contributed by atoms with van der Waals surface area (Å²) in [5, 5.41) is 12.6. The third kappa shape index (κ3) is 3.83. The highest BCUT2D eigenvalue weighted by Gasteiger charge is 2.28. The number of hydrogen-bond acceptors (Lipinski definition) is 3. The van der Waals surface area contributed by atoms with Crippen molar-refractivity contribution >= 4 is 17.2 Å². The Hall–Kier alpha value is -0.870. The molecule has 0 aliphatic heterocycles. The zero-order chi connectivity index (χ0) is 15.2. The Labute approximate surface area is 126 Å². The summed E-state index contributed by atoms with van der Waals surface area (Å²) in [5.74, 6) is -0.0511. The summed E-state index contributed by atoms with van der Waals surface area (Å²) in [6.07, 6.45) is 4.57. The first kappa shape index (κ1) is 17.2. The average Bonchev–Trinajstić information content (AvgIpc) is 2.88. The molecule has 0 bridgehead atoms. The first-order valence-corrected chi connectivity index (χ1v) is 8.42. The first-order valence-electron chi connectivity index (χ1n) is 7.60. The number of carbonyl (C=O) groups is 1. The van der Waals surface area contributed by atoms with Gasteiger partial charge in [0.1, 0.15) is 0 Å². The van der Waals surface area contributed by atoms with Crippen LogP contribution in [0.5, 0.6) is 0 Å². The maximum atomic E-state index is 12.4. The topological polar surface area (TPSA) is 49.3 Å². The molecule has 0 radical (unpaired) electrons. The van der Waals surface area contributed by atoms with Crippen molar-refractivity contribution in [3.8, 4) is 0 Å². The molecule has 0 aromatic carbocycles. The Bertz CT molecular complexity index is 427. The number of amides is 1. The molecule has 0 fully saturated rings. The number of aryl methyl sites for hydroxylation is 2. The fourth-order valence-corrected chi connectivity index (χ4v) is 3.56. The van der Waals surface area contributed by atoms with E-state index in [1.807, 2.05) is 19.9 Å². The zero-order valence-corrected chi connectivity index (χ0v) is 13.9. The number of rotatable bonds is 8. The van der Waals surface area contributed by atoms with Crippen LogP contribution in [0.3, 0.4) is 0 Å². The molecular formula is C16H27NO2S. The lowest BCUT2D eigenvalue weighted by atomic mass is 9.94. The van der Waals surface area contributed by atoms with Crippen LogP contribution >= 0.6 is 11.3 Å². The summed E-state index contributed by atoms with van der Waals surface area (Å²) in [7, 11) is 0. The quantitative estimate of drug-likeness (QED) is 0.771. The lowest BCUT2D eigenvalue weighted by Gasteiger charge is -2.30. The van der Waals surface area contributed by atoms with Crippen molar-refractivity contribution in [2.75, 3.05) is 6.61 Å². The van der Waals surface area contributed by atoms with Crippen LogP contribution in [0.15, 0.2) is 6.07 Å². The SMILES string of the molecule is CCCc1sc(C(=O)NC(CC)(CC)CO)cc1CC. The number of nitrogens with one attached hydrogen (secondary N) is 1. The number of carbonyl (C=O) groups excluding carboxylic acids is 1. The predicted molar refractivity (Wildman–Crippen MR) is 85.6 cm³/mol. The molecule has 1 heterocycles. The monoisotopic (exact) mass is 297 g/mol. The van der Waals surface area contributed by atoms with Crippen molar-refractivity contribution in [2.24, 2.45) is 0 Å². The third-order valence-corrected chi connectivity index (χ3v) is 5.25. The van der Waals surface area contributed by atoms with E-state index in [-0.39, 0.29) is 12.5 Å². The largest absolute Gasteiger partial charge is 0.394 e. The fraction of sp³-hybridized carbons (Fsp3) is 0.688. The molecule has 0 unspecified atom stereocenters. The number of thiophene rings is 1. The molecule has 0 spiro atoms. The molecule has 0 aliphatic carbocycles. The second kappa shape index (κ2) is 7.79. The van der Waals surface area contributed by atoms with Gasteiger partial charge < -0.3 is 10.4 Å². The minimum Gasteiger partial charge on any atom is -0.394 e. The van der Waals surface area contributed by atoms with Crippen LogP contribution in [0.2, 0.25) is 0 Å². The van der Waals surface area contributed by atoms with E-state index in [0.29, 0.717) is 0 Å². The molecule has 0 aliphatic rings. The molecule has 0 saturated heterocycles. The van der Waals surface area contributed by atoms with Crippen molar-refractivity contribution in [1.29, 1.82) is 0 Å². The van der Waals surface area contributed by atoms with Gasteiger partial charge in [0.2, 0.25) is 0 Å². The van der Waals surface area contributed by atoms with E-state index in [2.05, 4.69) is 19.2 Å². The van der Waals surface area contributed by atoms with Crippen LogP contribution in [0, 0.1) is 0 Å². The summed E-state index contributed by atoms with van der Waals surface area (Å²) in [4.78, 5) is 14.5. The Morgan fingerprint density at radius 2 is 1.95 bits per heavy atom. The van der Waals surface area contributed by atoms with E-state index in [1.54, 1.807) is 11.3 Å². The lowest BCUT2D eigenvalue weighted by Crippen LogP contribution is -2.50. The third-order valence-electron chi connectivity index (χ3n) is 4.01. The molecule has 1 amide bonds. The smallest absolute Gasteiger partial charge is 0.261 e. The average molecular weight is 297 g/mol. The van der Waals surface area contributed by atoms with Crippen LogP contribution in [-0.4, -0.2) is 23.2 Å². The van der Waals surface area contributed by atoms with Gasteiger partial charge in [0, 0.05) is 4.88 Å². The molecule has 1 aromatic heterocycles. The minimum atomic E-state index is -0.488. The summed E-state index contributed by atoms with van der Waals surface area (Å²) >= 11 is 1.60. The molecule has 4 heteroatoms.